The van der Waals surface area contributed by atoms with E-state index in [1.165, 1.54) is 0 Å². The van der Waals surface area contributed by atoms with Gasteiger partial charge >= 0.3 is 18.2 Å². The standard InChI is InChI=1S/C4H4F3N2O2/c1-9-2(4(5,6)7)3(10)11-8-9/h2H,1H3/q+1. The van der Waals surface area contributed by atoms with Gasteiger partial charge < -0.3 is 0 Å². The second kappa shape index (κ2) is 2.18. The Balaban J connectivity index is 2.87. The van der Waals surface area contributed by atoms with E-state index < -0.39 is 18.2 Å². The van der Waals surface area contributed by atoms with Crippen molar-refractivity contribution in [1.29, 1.82) is 0 Å². The summed E-state index contributed by atoms with van der Waals surface area (Å²) in [5.41, 5.74) is 0. The van der Waals surface area contributed by atoms with Crippen LogP contribution in [0.15, 0.2) is 5.28 Å². The van der Waals surface area contributed by atoms with Gasteiger partial charge in [-0.15, -0.1) is 0 Å². The smallest absolute Gasteiger partial charge is 0.260 e. The molecule has 1 aliphatic heterocycles. The highest BCUT2D eigenvalue weighted by molar-refractivity contribution is 5.75. The maximum atomic E-state index is 11.9. The number of carbonyl (C=O) groups excluding carboxylic acids is 1. The molecule has 62 valence electrons. The summed E-state index contributed by atoms with van der Waals surface area (Å²) >= 11 is 0. The summed E-state index contributed by atoms with van der Waals surface area (Å²) in [5.74, 6) is -1.39. The Labute approximate surface area is 59.2 Å². The van der Waals surface area contributed by atoms with Crippen molar-refractivity contribution >= 4 is 5.97 Å². The van der Waals surface area contributed by atoms with E-state index in [1.807, 2.05) is 0 Å². The molecule has 0 spiro atoms. The SMILES string of the molecule is C[N+]1=NOC(=O)C1C(F)(F)F. The molecule has 0 aromatic rings. The number of rotatable bonds is 0. The number of carbonyl (C=O) groups is 1. The highest BCUT2D eigenvalue weighted by atomic mass is 19.4. The first-order valence-electron chi connectivity index (χ1n) is 2.64. The van der Waals surface area contributed by atoms with Gasteiger partial charge in [-0.05, 0) is 0 Å². The van der Waals surface area contributed by atoms with E-state index in [1.54, 1.807) is 0 Å². The minimum atomic E-state index is -4.62. The second-order valence-corrected chi connectivity index (χ2v) is 2.01. The van der Waals surface area contributed by atoms with Crippen LogP contribution in [-0.4, -0.2) is 29.9 Å². The molecule has 0 amide bonds. The zero-order chi connectivity index (χ0) is 8.65. The molecule has 0 bridgehead atoms. The lowest BCUT2D eigenvalue weighted by atomic mass is 10.3. The summed E-state index contributed by atoms with van der Waals surface area (Å²) in [7, 11) is 1.02. The Hall–Kier alpha value is -1.14. The van der Waals surface area contributed by atoms with Crippen LogP contribution < -0.4 is 0 Å². The summed E-state index contributed by atoms with van der Waals surface area (Å²) in [6.45, 7) is 0. The molecule has 1 unspecified atom stereocenters. The van der Waals surface area contributed by atoms with E-state index in [2.05, 4.69) is 10.1 Å². The fourth-order valence-corrected chi connectivity index (χ4v) is 0.700. The third kappa shape index (κ3) is 1.31. The van der Waals surface area contributed by atoms with Crippen LogP contribution >= 0.6 is 0 Å². The summed E-state index contributed by atoms with van der Waals surface area (Å²) < 4.78 is 36.0. The number of nitrogens with zero attached hydrogens (tertiary/aromatic N) is 2. The monoisotopic (exact) mass is 169 g/mol. The Morgan fingerprint density at radius 3 is 2.36 bits per heavy atom. The van der Waals surface area contributed by atoms with Crippen molar-refractivity contribution in [3.63, 3.8) is 0 Å². The minimum Gasteiger partial charge on any atom is -0.260 e. The van der Waals surface area contributed by atoms with Gasteiger partial charge in [0.05, 0.1) is 0 Å². The molecule has 1 atom stereocenters. The first-order chi connectivity index (χ1) is 4.93. The molecule has 0 radical (unpaired) electrons. The lowest BCUT2D eigenvalue weighted by Crippen LogP contribution is -2.40. The third-order valence-electron chi connectivity index (χ3n) is 1.17. The van der Waals surface area contributed by atoms with Crippen molar-refractivity contribution < 1.29 is 27.5 Å². The van der Waals surface area contributed by atoms with E-state index >= 15 is 0 Å². The molecule has 0 aromatic carbocycles. The normalized spacial score (nSPS) is 24.9. The molecule has 0 saturated carbocycles. The molecule has 4 nitrogen and oxygen atoms in total. The molecule has 0 saturated heterocycles. The number of halogens is 3. The minimum absolute atomic E-state index is 0.433. The van der Waals surface area contributed by atoms with Crippen molar-refractivity contribution in [2.45, 2.75) is 12.2 Å². The van der Waals surface area contributed by atoms with Crippen LogP contribution in [0, 0.1) is 0 Å². The van der Waals surface area contributed by atoms with Gasteiger partial charge in [-0.1, -0.05) is 4.70 Å². The van der Waals surface area contributed by atoms with E-state index in [9.17, 15) is 18.0 Å². The lowest BCUT2D eigenvalue weighted by Gasteiger charge is -2.03. The average Bonchev–Trinajstić information content (AvgIpc) is 2.08. The average molecular weight is 169 g/mol. The molecule has 1 heterocycles. The van der Waals surface area contributed by atoms with Crippen LogP contribution in [0.4, 0.5) is 13.2 Å². The van der Waals surface area contributed by atoms with E-state index in [0.717, 1.165) is 7.05 Å². The topological polar surface area (TPSA) is 41.7 Å². The predicted molar refractivity (Wildman–Crippen MR) is 24.5 cm³/mol. The van der Waals surface area contributed by atoms with E-state index in [-0.39, 0.29) is 0 Å². The van der Waals surface area contributed by atoms with Gasteiger partial charge in [0.25, 0.3) is 0 Å². The van der Waals surface area contributed by atoms with Crippen molar-refractivity contribution in [1.82, 2.24) is 0 Å². The molecule has 0 aromatic heterocycles. The predicted octanol–water partition coefficient (Wildman–Crippen LogP) is 0.484. The van der Waals surface area contributed by atoms with Crippen LogP contribution in [0.1, 0.15) is 0 Å². The molecular weight excluding hydrogens is 165 g/mol. The van der Waals surface area contributed by atoms with Gasteiger partial charge in [0, 0.05) is 0 Å². The van der Waals surface area contributed by atoms with Crippen molar-refractivity contribution in [3.8, 4) is 0 Å². The molecule has 0 N–H and O–H groups in total. The lowest BCUT2D eigenvalue weighted by molar-refractivity contribution is -0.616. The first kappa shape index (κ1) is 7.96. The van der Waals surface area contributed by atoms with Gasteiger partial charge in [-0.3, -0.25) is 4.84 Å². The fourth-order valence-electron chi connectivity index (χ4n) is 0.700. The van der Waals surface area contributed by atoms with Crippen LogP contribution in [0.5, 0.6) is 0 Å². The van der Waals surface area contributed by atoms with E-state index in [4.69, 9.17) is 0 Å². The molecule has 0 aliphatic carbocycles. The zero-order valence-electron chi connectivity index (χ0n) is 5.42. The van der Waals surface area contributed by atoms with Gasteiger partial charge in [-0.25, -0.2) is 4.79 Å². The van der Waals surface area contributed by atoms with Crippen molar-refractivity contribution in [3.05, 3.63) is 0 Å². The summed E-state index contributed by atoms with van der Waals surface area (Å²) in [6.07, 6.45) is -4.62. The largest absolute Gasteiger partial charge is 0.466 e. The third-order valence-corrected chi connectivity index (χ3v) is 1.17. The van der Waals surface area contributed by atoms with Crippen molar-refractivity contribution in [2.24, 2.45) is 5.28 Å². The molecular formula is C4H4F3N2O2+. The number of hydrogen-bond acceptors (Lipinski definition) is 3. The molecule has 11 heavy (non-hydrogen) atoms. The second-order valence-electron chi connectivity index (χ2n) is 2.01. The van der Waals surface area contributed by atoms with Gasteiger partial charge in [-0.2, -0.15) is 13.2 Å². The van der Waals surface area contributed by atoms with Crippen molar-refractivity contribution in [2.75, 3.05) is 7.05 Å². The Kier molecular flexibility index (Phi) is 1.57. The van der Waals surface area contributed by atoms with E-state index in [0.29, 0.717) is 4.70 Å². The highest BCUT2D eigenvalue weighted by Gasteiger charge is 2.58. The zero-order valence-corrected chi connectivity index (χ0v) is 5.42. The molecule has 7 heteroatoms. The fraction of sp³-hybridized carbons (Fsp3) is 0.750. The first-order valence-corrected chi connectivity index (χ1v) is 2.64. The maximum Gasteiger partial charge on any atom is 0.466 e. The van der Waals surface area contributed by atoms with Crippen LogP contribution in [0.25, 0.3) is 0 Å². The number of hydrogen-bond donors (Lipinski definition) is 0. The van der Waals surface area contributed by atoms with Crippen LogP contribution in [0.2, 0.25) is 0 Å². The van der Waals surface area contributed by atoms with Gasteiger partial charge in [0.2, 0.25) is 0 Å². The highest BCUT2D eigenvalue weighted by Crippen LogP contribution is 2.25. The quantitative estimate of drug-likeness (QED) is 0.495. The van der Waals surface area contributed by atoms with Gasteiger partial charge in [0.15, 0.2) is 12.3 Å². The molecule has 1 aliphatic rings. The summed E-state index contributed by atoms with van der Waals surface area (Å²) in [5, 5.41) is 2.83. The van der Waals surface area contributed by atoms with Crippen LogP contribution in [0.3, 0.4) is 0 Å². The summed E-state index contributed by atoms with van der Waals surface area (Å²) in [6, 6.07) is -2.25. The van der Waals surface area contributed by atoms with Gasteiger partial charge in [0.1, 0.15) is 0 Å². The molecule has 0 fully saturated rings. The maximum absolute atomic E-state index is 11.9. The number of likely N-dealkylation sites (N-methyl/N-ethyl adjacent to an activating group) is 1. The Bertz CT molecular complexity index is 222. The van der Waals surface area contributed by atoms with Crippen LogP contribution in [-0.2, 0) is 9.63 Å². The Morgan fingerprint density at radius 1 is 1.64 bits per heavy atom. The number of alkyl halides is 3. The Morgan fingerprint density at radius 2 is 2.18 bits per heavy atom. The molecule has 1 rings (SSSR count). The summed E-state index contributed by atoms with van der Waals surface area (Å²) in [4.78, 5) is 14.1.